The fraction of sp³-hybridized carbons (Fsp3) is 0.0556. The number of anilines is 2. The maximum absolute atomic E-state index is 13.6. The lowest BCUT2D eigenvalue weighted by atomic mass is 10.2. The molecule has 0 atom stereocenters. The summed E-state index contributed by atoms with van der Waals surface area (Å²) in [6, 6.07) is 8.86. The molecule has 138 valence electrons. The van der Waals surface area contributed by atoms with E-state index in [-0.39, 0.29) is 23.7 Å². The summed E-state index contributed by atoms with van der Waals surface area (Å²) in [6.45, 7) is 0.221. The van der Waals surface area contributed by atoms with Crippen LogP contribution in [0.1, 0.15) is 15.9 Å². The maximum atomic E-state index is 13.6. The van der Waals surface area contributed by atoms with E-state index in [0.29, 0.717) is 5.02 Å². The second-order valence-electron chi connectivity index (χ2n) is 5.42. The van der Waals surface area contributed by atoms with Crippen molar-refractivity contribution in [1.29, 1.82) is 0 Å². The van der Waals surface area contributed by atoms with Crippen LogP contribution in [0.4, 0.5) is 24.8 Å². The fourth-order valence-electron chi connectivity index (χ4n) is 2.17. The topological polar surface area (TPSA) is 66.9 Å². The van der Waals surface area contributed by atoms with E-state index in [1.165, 1.54) is 12.4 Å². The monoisotopic (exact) mass is 392 g/mol. The standard InChI is InChI=1S/C18H12ClF3N4O/c19-12-4-2-1-3-10(12)7-23-17(27)11-8-24-18(25-9-11)26-14-6-5-13(20)15(21)16(14)22/h1-6,8-9H,7H2,(H,23,27)(H,24,25,26). The number of nitrogens with zero attached hydrogens (tertiary/aromatic N) is 2. The van der Waals surface area contributed by atoms with Gasteiger partial charge in [-0.25, -0.2) is 23.1 Å². The van der Waals surface area contributed by atoms with Crippen molar-refractivity contribution in [1.82, 2.24) is 15.3 Å². The van der Waals surface area contributed by atoms with E-state index in [4.69, 9.17) is 11.6 Å². The van der Waals surface area contributed by atoms with Crippen LogP contribution in [0.5, 0.6) is 0 Å². The summed E-state index contributed by atoms with van der Waals surface area (Å²) >= 11 is 6.02. The van der Waals surface area contributed by atoms with Crippen molar-refractivity contribution in [2.24, 2.45) is 0 Å². The van der Waals surface area contributed by atoms with Crippen molar-refractivity contribution in [3.63, 3.8) is 0 Å². The quantitative estimate of drug-likeness (QED) is 0.638. The van der Waals surface area contributed by atoms with Gasteiger partial charge in [-0.2, -0.15) is 0 Å². The van der Waals surface area contributed by atoms with Gasteiger partial charge in [-0.15, -0.1) is 0 Å². The van der Waals surface area contributed by atoms with Gasteiger partial charge in [0.05, 0.1) is 11.3 Å². The summed E-state index contributed by atoms with van der Waals surface area (Å²) in [5, 5.41) is 5.62. The van der Waals surface area contributed by atoms with E-state index >= 15 is 0 Å². The normalized spacial score (nSPS) is 10.5. The first-order valence-corrected chi connectivity index (χ1v) is 8.07. The van der Waals surface area contributed by atoms with Crippen LogP contribution in [0.3, 0.4) is 0 Å². The highest BCUT2D eigenvalue weighted by Gasteiger charge is 2.14. The number of carbonyl (C=O) groups excluding carboxylic acids is 1. The number of benzene rings is 2. The zero-order valence-electron chi connectivity index (χ0n) is 13.6. The van der Waals surface area contributed by atoms with Crippen molar-refractivity contribution >= 4 is 29.1 Å². The molecule has 0 aliphatic heterocycles. The highest BCUT2D eigenvalue weighted by Crippen LogP contribution is 2.22. The minimum atomic E-state index is -1.60. The summed E-state index contributed by atoms with van der Waals surface area (Å²) in [5.41, 5.74) is 0.587. The number of rotatable bonds is 5. The Morgan fingerprint density at radius 3 is 2.41 bits per heavy atom. The molecule has 3 rings (SSSR count). The number of hydrogen-bond acceptors (Lipinski definition) is 4. The molecule has 1 heterocycles. The van der Waals surface area contributed by atoms with Crippen molar-refractivity contribution in [2.45, 2.75) is 6.54 Å². The van der Waals surface area contributed by atoms with Crippen LogP contribution in [0, 0.1) is 17.5 Å². The third-order valence-electron chi connectivity index (χ3n) is 3.59. The van der Waals surface area contributed by atoms with Crippen LogP contribution in [-0.2, 0) is 6.54 Å². The lowest BCUT2D eigenvalue weighted by Crippen LogP contribution is -2.23. The fourth-order valence-corrected chi connectivity index (χ4v) is 2.37. The number of hydrogen-bond donors (Lipinski definition) is 2. The minimum absolute atomic E-state index is 0.0810. The molecule has 5 nitrogen and oxygen atoms in total. The Morgan fingerprint density at radius 2 is 1.70 bits per heavy atom. The summed E-state index contributed by atoms with van der Waals surface area (Å²) in [6.07, 6.45) is 2.43. The van der Waals surface area contributed by atoms with Crippen molar-refractivity contribution in [2.75, 3.05) is 5.32 Å². The number of carbonyl (C=O) groups is 1. The van der Waals surface area contributed by atoms with E-state index in [9.17, 15) is 18.0 Å². The third kappa shape index (κ3) is 4.35. The van der Waals surface area contributed by atoms with Gasteiger partial charge in [-0.3, -0.25) is 4.79 Å². The third-order valence-corrected chi connectivity index (χ3v) is 3.96. The van der Waals surface area contributed by atoms with E-state index in [1.54, 1.807) is 24.3 Å². The molecule has 0 radical (unpaired) electrons. The van der Waals surface area contributed by atoms with Crippen molar-refractivity contribution in [3.8, 4) is 0 Å². The van der Waals surface area contributed by atoms with Gasteiger partial charge in [-0.1, -0.05) is 29.8 Å². The number of halogens is 4. The van der Waals surface area contributed by atoms with Gasteiger partial charge in [0.1, 0.15) is 0 Å². The predicted octanol–water partition coefficient (Wildman–Crippen LogP) is 4.22. The Labute approximate surface area is 157 Å². The van der Waals surface area contributed by atoms with Crippen LogP contribution < -0.4 is 10.6 Å². The Hall–Kier alpha value is -3.13. The summed E-state index contributed by atoms with van der Waals surface area (Å²) in [4.78, 5) is 19.9. The van der Waals surface area contributed by atoms with E-state index in [2.05, 4.69) is 20.6 Å². The lowest BCUT2D eigenvalue weighted by Gasteiger charge is -2.08. The first kappa shape index (κ1) is 18.7. The van der Waals surface area contributed by atoms with Gasteiger partial charge in [0, 0.05) is 24.0 Å². The van der Waals surface area contributed by atoms with Crippen molar-refractivity contribution < 1.29 is 18.0 Å². The molecule has 27 heavy (non-hydrogen) atoms. The average Bonchev–Trinajstić information content (AvgIpc) is 2.68. The molecule has 0 fully saturated rings. The summed E-state index contributed by atoms with van der Waals surface area (Å²) in [7, 11) is 0. The highest BCUT2D eigenvalue weighted by atomic mass is 35.5. The van der Waals surface area contributed by atoms with Crippen LogP contribution in [0.2, 0.25) is 5.02 Å². The Morgan fingerprint density at radius 1 is 1.00 bits per heavy atom. The molecule has 1 aromatic heterocycles. The highest BCUT2D eigenvalue weighted by molar-refractivity contribution is 6.31. The average molecular weight is 393 g/mol. The molecule has 1 amide bonds. The Balaban J connectivity index is 1.65. The van der Waals surface area contributed by atoms with Crippen LogP contribution in [-0.4, -0.2) is 15.9 Å². The zero-order valence-corrected chi connectivity index (χ0v) is 14.4. The minimum Gasteiger partial charge on any atom is -0.348 e. The summed E-state index contributed by atoms with van der Waals surface area (Å²) < 4.78 is 39.8. The predicted molar refractivity (Wildman–Crippen MR) is 94.3 cm³/mol. The molecule has 3 aromatic rings. The van der Waals surface area contributed by atoms with Gasteiger partial charge in [0.15, 0.2) is 17.5 Å². The largest absolute Gasteiger partial charge is 0.348 e. The van der Waals surface area contributed by atoms with E-state index in [1.807, 2.05) is 0 Å². The summed E-state index contributed by atoms with van der Waals surface area (Å²) in [5.74, 6) is -4.80. The molecular weight excluding hydrogens is 381 g/mol. The van der Waals surface area contributed by atoms with E-state index in [0.717, 1.165) is 17.7 Å². The molecule has 0 saturated carbocycles. The first-order chi connectivity index (χ1) is 13.0. The molecule has 0 aliphatic rings. The smallest absolute Gasteiger partial charge is 0.254 e. The van der Waals surface area contributed by atoms with Gasteiger partial charge in [0.2, 0.25) is 5.95 Å². The molecule has 2 aromatic carbocycles. The van der Waals surface area contributed by atoms with Crippen LogP contribution >= 0.6 is 11.6 Å². The molecule has 0 bridgehead atoms. The molecule has 0 saturated heterocycles. The molecular formula is C18H12ClF3N4O. The SMILES string of the molecule is O=C(NCc1ccccc1Cl)c1cnc(Nc2ccc(F)c(F)c2F)nc1. The molecule has 0 aliphatic carbocycles. The molecule has 9 heteroatoms. The molecule has 0 unspecified atom stereocenters. The number of aromatic nitrogens is 2. The second kappa shape index (κ2) is 8.05. The maximum Gasteiger partial charge on any atom is 0.254 e. The lowest BCUT2D eigenvalue weighted by molar-refractivity contribution is 0.0950. The van der Waals surface area contributed by atoms with E-state index < -0.39 is 23.4 Å². The molecule has 2 N–H and O–H groups in total. The van der Waals surface area contributed by atoms with Crippen LogP contribution in [0.25, 0.3) is 0 Å². The molecule has 0 spiro atoms. The second-order valence-corrected chi connectivity index (χ2v) is 5.82. The van der Waals surface area contributed by atoms with Gasteiger partial charge in [-0.05, 0) is 23.8 Å². The van der Waals surface area contributed by atoms with Gasteiger partial charge in [0.25, 0.3) is 5.91 Å². The Bertz CT molecular complexity index is 983. The van der Waals surface area contributed by atoms with Gasteiger partial charge >= 0.3 is 0 Å². The number of nitrogens with one attached hydrogen (secondary N) is 2. The van der Waals surface area contributed by atoms with Crippen LogP contribution in [0.15, 0.2) is 48.8 Å². The zero-order chi connectivity index (χ0) is 19.4. The number of amides is 1. The van der Waals surface area contributed by atoms with Crippen molar-refractivity contribution in [3.05, 3.63) is 82.4 Å². The van der Waals surface area contributed by atoms with Gasteiger partial charge < -0.3 is 10.6 Å². The first-order valence-electron chi connectivity index (χ1n) is 7.70. The Kier molecular flexibility index (Phi) is 5.56.